The molecule has 0 bridgehead atoms. The average Bonchev–Trinajstić information content (AvgIpc) is 2.99. The van der Waals surface area contributed by atoms with Crippen LogP contribution in [0.15, 0.2) is 10.4 Å². The molecule has 1 aromatic heterocycles. The zero-order valence-electron chi connectivity index (χ0n) is 15.9. The van der Waals surface area contributed by atoms with Gasteiger partial charge >= 0.3 is 12.3 Å². The van der Waals surface area contributed by atoms with Crippen molar-refractivity contribution in [3.05, 3.63) is 16.1 Å². The van der Waals surface area contributed by atoms with Gasteiger partial charge in [0.05, 0.1) is 6.54 Å². The molecule has 0 aliphatic heterocycles. The van der Waals surface area contributed by atoms with Gasteiger partial charge in [0.25, 0.3) is 0 Å². The monoisotopic (exact) mass is 409 g/mol. The largest absolute Gasteiger partial charge is 0.444 e. The van der Waals surface area contributed by atoms with Crippen LogP contribution < -0.4 is 16.0 Å². The Morgan fingerprint density at radius 1 is 1.22 bits per heavy atom. The molecular formula is C16H26F3N5O2S. The highest BCUT2D eigenvalue weighted by Gasteiger charge is 2.33. The SMILES string of the molecule is CCNC(=NCc1nc(C(F)(F)F)cs1)NCCCNC(=O)OC(C)(C)C. The van der Waals surface area contributed by atoms with E-state index in [4.69, 9.17) is 4.74 Å². The minimum Gasteiger partial charge on any atom is -0.444 e. The van der Waals surface area contributed by atoms with E-state index in [-0.39, 0.29) is 11.6 Å². The molecule has 0 saturated heterocycles. The summed E-state index contributed by atoms with van der Waals surface area (Å²) in [5.74, 6) is 0.471. The summed E-state index contributed by atoms with van der Waals surface area (Å²) >= 11 is 0.921. The lowest BCUT2D eigenvalue weighted by atomic mass is 10.2. The minimum absolute atomic E-state index is 0.0479. The first-order valence-corrected chi connectivity index (χ1v) is 9.40. The smallest absolute Gasteiger partial charge is 0.434 e. The third-order valence-electron chi connectivity index (χ3n) is 2.87. The molecule has 0 fully saturated rings. The zero-order valence-corrected chi connectivity index (χ0v) is 16.7. The Balaban J connectivity index is 2.39. The van der Waals surface area contributed by atoms with E-state index < -0.39 is 23.6 Å². The van der Waals surface area contributed by atoms with Gasteiger partial charge in [-0.15, -0.1) is 11.3 Å². The number of ether oxygens (including phenoxy) is 1. The van der Waals surface area contributed by atoms with Gasteiger partial charge < -0.3 is 20.7 Å². The number of thiazole rings is 1. The Labute approximate surface area is 160 Å². The van der Waals surface area contributed by atoms with Crippen LogP contribution in [0.2, 0.25) is 0 Å². The van der Waals surface area contributed by atoms with E-state index >= 15 is 0 Å². The van der Waals surface area contributed by atoms with Crippen molar-refractivity contribution in [2.24, 2.45) is 4.99 Å². The van der Waals surface area contributed by atoms with Crippen LogP contribution in [0.5, 0.6) is 0 Å². The van der Waals surface area contributed by atoms with Crippen molar-refractivity contribution in [1.82, 2.24) is 20.9 Å². The molecule has 154 valence electrons. The molecule has 27 heavy (non-hydrogen) atoms. The van der Waals surface area contributed by atoms with Crippen molar-refractivity contribution in [3.8, 4) is 0 Å². The highest BCUT2D eigenvalue weighted by molar-refractivity contribution is 7.09. The molecule has 1 amide bonds. The number of nitrogens with one attached hydrogen (secondary N) is 3. The number of aliphatic imine (C=N–C) groups is 1. The Bertz CT molecular complexity index is 626. The number of amides is 1. The molecule has 11 heteroatoms. The molecule has 0 atom stereocenters. The molecular weight excluding hydrogens is 383 g/mol. The summed E-state index contributed by atoms with van der Waals surface area (Å²) < 4.78 is 42.8. The van der Waals surface area contributed by atoms with Crippen LogP contribution in [0, 0.1) is 0 Å². The van der Waals surface area contributed by atoms with Crippen molar-refractivity contribution < 1.29 is 22.7 Å². The van der Waals surface area contributed by atoms with Crippen LogP contribution in [0.4, 0.5) is 18.0 Å². The number of nitrogens with zero attached hydrogens (tertiary/aromatic N) is 2. The standard InChI is InChI=1S/C16H26F3N5O2S/c1-5-20-13(21-7-6-8-22-14(25)26-15(2,3)4)23-9-12-24-11(10-27-12)16(17,18)19/h10H,5-9H2,1-4H3,(H,22,25)(H2,20,21,23). The van der Waals surface area contributed by atoms with Crippen LogP contribution in [0.1, 0.15) is 44.8 Å². The second-order valence-electron chi connectivity index (χ2n) is 6.53. The molecule has 1 aromatic rings. The molecule has 1 heterocycles. The van der Waals surface area contributed by atoms with Crippen LogP contribution in [0.25, 0.3) is 0 Å². The summed E-state index contributed by atoms with van der Waals surface area (Å²) in [5, 5.41) is 9.96. The predicted octanol–water partition coefficient (Wildman–Crippen LogP) is 3.13. The lowest BCUT2D eigenvalue weighted by molar-refractivity contribution is -0.140. The molecule has 0 aromatic carbocycles. The molecule has 0 saturated carbocycles. The Morgan fingerprint density at radius 3 is 2.44 bits per heavy atom. The lowest BCUT2D eigenvalue weighted by Crippen LogP contribution is -2.39. The van der Waals surface area contributed by atoms with Crippen molar-refractivity contribution in [2.75, 3.05) is 19.6 Å². The number of alkyl halides is 3. The number of hydrogen-bond acceptors (Lipinski definition) is 5. The third kappa shape index (κ3) is 10.0. The number of halogens is 3. The van der Waals surface area contributed by atoms with Crippen molar-refractivity contribution in [2.45, 2.75) is 52.4 Å². The number of aromatic nitrogens is 1. The summed E-state index contributed by atoms with van der Waals surface area (Å²) in [6.45, 7) is 8.83. The molecule has 7 nitrogen and oxygen atoms in total. The van der Waals surface area contributed by atoms with Crippen molar-refractivity contribution in [1.29, 1.82) is 0 Å². The molecule has 0 spiro atoms. The van der Waals surface area contributed by atoms with Crippen LogP contribution in [-0.2, 0) is 17.5 Å². The van der Waals surface area contributed by atoms with Crippen LogP contribution in [0.3, 0.4) is 0 Å². The van der Waals surface area contributed by atoms with E-state index in [1.54, 1.807) is 20.8 Å². The van der Waals surface area contributed by atoms with E-state index in [1.165, 1.54) is 0 Å². The van der Waals surface area contributed by atoms with Gasteiger partial charge in [0.2, 0.25) is 0 Å². The molecule has 0 aliphatic rings. The number of alkyl carbamates (subject to hydrolysis) is 1. The summed E-state index contributed by atoms with van der Waals surface area (Å²) in [5.41, 5.74) is -1.45. The Hall–Kier alpha value is -2.04. The third-order valence-corrected chi connectivity index (χ3v) is 3.71. The maximum Gasteiger partial charge on any atom is 0.434 e. The number of guanidine groups is 1. The zero-order chi connectivity index (χ0) is 20.5. The van der Waals surface area contributed by atoms with E-state index in [9.17, 15) is 18.0 Å². The van der Waals surface area contributed by atoms with E-state index in [1.807, 2.05) is 6.92 Å². The van der Waals surface area contributed by atoms with E-state index in [0.29, 0.717) is 32.0 Å². The Kier molecular flexibility index (Phi) is 8.80. The molecule has 0 unspecified atom stereocenters. The maximum absolute atomic E-state index is 12.6. The first-order valence-electron chi connectivity index (χ1n) is 8.52. The van der Waals surface area contributed by atoms with E-state index in [2.05, 4.69) is 25.9 Å². The van der Waals surface area contributed by atoms with Crippen LogP contribution >= 0.6 is 11.3 Å². The highest BCUT2D eigenvalue weighted by atomic mass is 32.1. The second kappa shape index (κ2) is 10.3. The van der Waals surface area contributed by atoms with Crippen molar-refractivity contribution in [3.63, 3.8) is 0 Å². The first kappa shape index (κ1) is 23.0. The van der Waals surface area contributed by atoms with Gasteiger partial charge in [-0.25, -0.2) is 14.8 Å². The van der Waals surface area contributed by atoms with Crippen LogP contribution in [-0.4, -0.2) is 42.3 Å². The fourth-order valence-corrected chi connectivity index (χ4v) is 2.53. The van der Waals surface area contributed by atoms with Gasteiger partial charge in [0.15, 0.2) is 11.7 Å². The molecule has 1 rings (SSSR count). The quantitative estimate of drug-likeness (QED) is 0.366. The molecule has 3 N–H and O–H groups in total. The van der Waals surface area contributed by atoms with Gasteiger partial charge in [-0.05, 0) is 34.1 Å². The predicted molar refractivity (Wildman–Crippen MR) is 98.8 cm³/mol. The van der Waals surface area contributed by atoms with Gasteiger partial charge in [0, 0.05) is 25.0 Å². The number of carbonyl (C=O) groups is 1. The first-order chi connectivity index (χ1) is 12.5. The van der Waals surface area contributed by atoms with E-state index in [0.717, 1.165) is 16.7 Å². The minimum atomic E-state index is -4.44. The summed E-state index contributed by atoms with van der Waals surface area (Å²) in [7, 11) is 0. The number of hydrogen-bond donors (Lipinski definition) is 3. The highest BCUT2D eigenvalue weighted by Crippen LogP contribution is 2.30. The van der Waals surface area contributed by atoms with Gasteiger partial charge in [-0.3, -0.25) is 0 Å². The van der Waals surface area contributed by atoms with Gasteiger partial charge in [-0.1, -0.05) is 0 Å². The Morgan fingerprint density at radius 2 is 1.89 bits per heavy atom. The fourth-order valence-electron chi connectivity index (χ4n) is 1.80. The summed E-state index contributed by atoms with van der Waals surface area (Å²) in [4.78, 5) is 19.3. The molecule has 0 radical (unpaired) electrons. The normalized spacial score (nSPS) is 12.6. The summed E-state index contributed by atoms with van der Waals surface area (Å²) in [6.07, 6.45) is -4.30. The fraction of sp³-hybridized carbons (Fsp3) is 0.688. The number of rotatable bonds is 7. The topological polar surface area (TPSA) is 87.6 Å². The number of carbonyl (C=O) groups excluding carboxylic acids is 1. The van der Waals surface area contributed by atoms with Gasteiger partial charge in [0.1, 0.15) is 10.6 Å². The van der Waals surface area contributed by atoms with Gasteiger partial charge in [-0.2, -0.15) is 13.2 Å². The average molecular weight is 409 g/mol. The summed E-state index contributed by atoms with van der Waals surface area (Å²) in [6, 6.07) is 0. The second-order valence-corrected chi connectivity index (χ2v) is 7.47. The maximum atomic E-state index is 12.6. The molecule has 0 aliphatic carbocycles. The van der Waals surface area contributed by atoms with Crippen molar-refractivity contribution >= 4 is 23.4 Å². The lowest BCUT2D eigenvalue weighted by Gasteiger charge is -2.19.